The Morgan fingerprint density at radius 1 is 1.25 bits per heavy atom. The third kappa shape index (κ3) is 4.90. The lowest BCUT2D eigenvalue weighted by molar-refractivity contribution is 0.0617. The fraction of sp³-hybridized carbons (Fsp3) is 0.333. The van der Waals surface area contributed by atoms with Crippen molar-refractivity contribution >= 4 is 33.0 Å². The first-order chi connectivity index (χ1) is 9.79. The van der Waals surface area contributed by atoms with E-state index in [1.807, 2.05) is 6.07 Å². The van der Waals surface area contributed by atoms with Gasteiger partial charge in [-0.15, -0.1) is 11.3 Å². The van der Waals surface area contributed by atoms with E-state index in [2.05, 4.69) is 50.9 Å². The van der Waals surface area contributed by atoms with Crippen LogP contribution in [0.1, 0.15) is 10.4 Å². The van der Waals surface area contributed by atoms with Crippen LogP contribution in [0.4, 0.5) is 5.69 Å². The van der Waals surface area contributed by atoms with Crippen molar-refractivity contribution in [3.05, 3.63) is 50.6 Å². The Labute approximate surface area is 132 Å². The summed E-state index contributed by atoms with van der Waals surface area (Å²) in [4.78, 5) is 1.30. The first-order valence-corrected chi connectivity index (χ1v) is 8.08. The Kier molecular flexibility index (Phi) is 6.53. The minimum atomic E-state index is 0.613. The molecule has 1 N–H and O–H groups in total. The van der Waals surface area contributed by atoms with Crippen LogP contribution in [-0.4, -0.2) is 20.3 Å². The summed E-state index contributed by atoms with van der Waals surface area (Å²) in [6.45, 7) is 2.69. The molecule has 0 aliphatic rings. The standard InChI is InChI=1S/C15H18BrNO2S/c1-18-6-7-19-11-12-3-2-4-13(9-12)17-10-15-14(16)5-8-20-15/h2-5,8-9,17H,6-7,10-11H2,1H3. The zero-order chi connectivity index (χ0) is 14.2. The second kappa shape index (κ2) is 8.42. The molecule has 0 aliphatic heterocycles. The maximum absolute atomic E-state index is 5.53. The quantitative estimate of drug-likeness (QED) is 0.716. The van der Waals surface area contributed by atoms with E-state index >= 15 is 0 Å². The van der Waals surface area contributed by atoms with Crippen molar-refractivity contribution in [2.45, 2.75) is 13.2 Å². The predicted molar refractivity (Wildman–Crippen MR) is 87.3 cm³/mol. The number of hydrogen-bond donors (Lipinski definition) is 1. The molecule has 2 rings (SSSR count). The molecule has 108 valence electrons. The number of rotatable bonds is 8. The fourth-order valence-electron chi connectivity index (χ4n) is 1.74. The van der Waals surface area contributed by atoms with Crippen molar-refractivity contribution in [2.24, 2.45) is 0 Å². The van der Waals surface area contributed by atoms with Crippen LogP contribution in [-0.2, 0) is 22.6 Å². The van der Waals surface area contributed by atoms with Gasteiger partial charge in [-0.1, -0.05) is 12.1 Å². The molecule has 0 spiro atoms. The largest absolute Gasteiger partial charge is 0.382 e. The van der Waals surface area contributed by atoms with E-state index in [-0.39, 0.29) is 0 Å². The SMILES string of the molecule is COCCOCc1cccc(NCc2sccc2Br)c1. The molecular formula is C15H18BrNO2S. The molecule has 0 atom stereocenters. The zero-order valence-electron chi connectivity index (χ0n) is 11.4. The highest BCUT2D eigenvalue weighted by Gasteiger charge is 2.01. The Bertz CT molecular complexity index is 530. The Hall–Kier alpha value is -0.880. The molecule has 0 amide bonds. The topological polar surface area (TPSA) is 30.5 Å². The van der Waals surface area contributed by atoms with E-state index < -0.39 is 0 Å². The fourth-order valence-corrected chi connectivity index (χ4v) is 3.17. The summed E-state index contributed by atoms with van der Waals surface area (Å²) in [6, 6.07) is 10.4. The molecule has 1 aromatic heterocycles. The summed E-state index contributed by atoms with van der Waals surface area (Å²) in [6.07, 6.45) is 0. The number of anilines is 1. The maximum Gasteiger partial charge on any atom is 0.0718 e. The summed E-state index contributed by atoms with van der Waals surface area (Å²) in [5.41, 5.74) is 2.27. The molecule has 1 aromatic carbocycles. The van der Waals surface area contributed by atoms with Gasteiger partial charge in [-0.05, 0) is 45.1 Å². The molecule has 0 saturated heterocycles. The molecule has 5 heteroatoms. The molecule has 0 fully saturated rings. The first-order valence-electron chi connectivity index (χ1n) is 6.41. The number of halogens is 1. The van der Waals surface area contributed by atoms with Crippen LogP contribution in [0.2, 0.25) is 0 Å². The van der Waals surface area contributed by atoms with E-state index in [0.29, 0.717) is 19.8 Å². The van der Waals surface area contributed by atoms with E-state index in [4.69, 9.17) is 9.47 Å². The third-order valence-corrected chi connectivity index (χ3v) is 4.70. The molecule has 1 heterocycles. The molecule has 0 radical (unpaired) electrons. The molecule has 0 bridgehead atoms. The van der Waals surface area contributed by atoms with Crippen molar-refractivity contribution in [2.75, 3.05) is 25.6 Å². The second-order valence-electron chi connectivity index (χ2n) is 4.29. The summed E-state index contributed by atoms with van der Waals surface area (Å²) in [5, 5.41) is 5.51. The van der Waals surface area contributed by atoms with Gasteiger partial charge in [-0.3, -0.25) is 0 Å². The van der Waals surface area contributed by atoms with Crippen molar-refractivity contribution in [1.29, 1.82) is 0 Å². The van der Waals surface area contributed by atoms with Gasteiger partial charge in [0.1, 0.15) is 0 Å². The van der Waals surface area contributed by atoms with Crippen LogP contribution < -0.4 is 5.32 Å². The Morgan fingerprint density at radius 2 is 2.15 bits per heavy atom. The van der Waals surface area contributed by atoms with E-state index in [1.54, 1.807) is 18.4 Å². The lowest BCUT2D eigenvalue weighted by atomic mass is 10.2. The minimum absolute atomic E-state index is 0.613. The summed E-state index contributed by atoms with van der Waals surface area (Å²) < 4.78 is 11.6. The lowest BCUT2D eigenvalue weighted by Crippen LogP contribution is -2.02. The predicted octanol–water partition coefficient (Wildman–Crippen LogP) is 4.29. The molecule has 2 aromatic rings. The van der Waals surface area contributed by atoms with E-state index in [0.717, 1.165) is 22.3 Å². The van der Waals surface area contributed by atoms with Crippen LogP contribution in [0.3, 0.4) is 0 Å². The number of methoxy groups -OCH3 is 1. The van der Waals surface area contributed by atoms with Crippen LogP contribution in [0.25, 0.3) is 0 Å². The van der Waals surface area contributed by atoms with E-state index in [9.17, 15) is 0 Å². The number of nitrogens with one attached hydrogen (secondary N) is 1. The van der Waals surface area contributed by atoms with Gasteiger partial charge in [0.25, 0.3) is 0 Å². The molecular weight excluding hydrogens is 338 g/mol. The average molecular weight is 356 g/mol. The van der Waals surface area contributed by atoms with Gasteiger partial charge in [0, 0.05) is 22.1 Å². The Morgan fingerprint density at radius 3 is 2.90 bits per heavy atom. The number of benzene rings is 1. The molecule has 0 saturated carbocycles. The van der Waals surface area contributed by atoms with Crippen molar-refractivity contribution in [3.8, 4) is 0 Å². The van der Waals surface area contributed by atoms with Gasteiger partial charge < -0.3 is 14.8 Å². The van der Waals surface area contributed by atoms with Crippen molar-refractivity contribution in [1.82, 2.24) is 0 Å². The van der Waals surface area contributed by atoms with Gasteiger partial charge in [0.2, 0.25) is 0 Å². The number of hydrogen-bond acceptors (Lipinski definition) is 4. The highest BCUT2D eigenvalue weighted by molar-refractivity contribution is 9.10. The summed E-state index contributed by atoms with van der Waals surface area (Å²) >= 11 is 5.29. The molecule has 3 nitrogen and oxygen atoms in total. The monoisotopic (exact) mass is 355 g/mol. The number of ether oxygens (including phenoxy) is 2. The smallest absolute Gasteiger partial charge is 0.0718 e. The van der Waals surface area contributed by atoms with Crippen molar-refractivity contribution < 1.29 is 9.47 Å². The van der Waals surface area contributed by atoms with Crippen molar-refractivity contribution in [3.63, 3.8) is 0 Å². The van der Waals surface area contributed by atoms with Crippen LogP contribution in [0.5, 0.6) is 0 Å². The van der Waals surface area contributed by atoms with Crippen LogP contribution in [0.15, 0.2) is 40.2 Å². The zero-order valence-corrected chi connectivity index (χ0v) is 13.8. The lowest BCUT2D eigenvalue weighted by Gasteiger charge is -2.08. The van der Waals surface area contributed by atoms with Gasteiger partial charge in [0.15, 0.2) is 0 Å². The molecule has 0 aliphatic carbocycles. The van der Waals surface area contributed by atoms with Crippen LogP contribution >= 0.6 is 27.3 Å². The van der Waals surface area contributed by atoms with Gasteiger partial charge >= 0.3 is 0 Å². The molecule has 20 heavy (non-hydrogen) atoms. The summed E-state index contributed by atoms with van der Waals surface area (Å²) in [7, 11) is 1.68. The minimum Gasteiger partial charge on any atom is -0.382 e. The Balaban J connectivity index is 1.84. The van der Waals surface area contributed by atoms with E-state index in [1.165, 1.54) is 4.88 Å². The normalized spacial score (nSPS) is 10.7. The number of thiophene rings is 1. The third-order valence-electron chi connectivity index (χ3n) is 2.77. The highest BCUT2D eigenvalue weighted by atomic mass is 79.9. The highest BCUT2D eigenvalue weighted by Crippen LogP contribution is 2.23. The molecule has 0 unspecified atom stereocenters. The first kappa shape index (κ1) is 15.5. The van der Waals surface area contributed by atoms with Crippen LogP contribution in [0, 0.1) is 0 Å². The maximum atomic E-state index is 5.53. The second-order valence-corrected chi connectivity index (χ2v) is 6.15. The summed E-state index contributed by atoms with van der Waals surface area (Å²) in [5.74, 6) is 0. The van der Waals surface area contributed by atoms with Gasteiger partial charge in [-0.2, -0.15) is 0 Å². The van der Waals surface area contributed by atoms with Gasteiger partial charge in [-0.25, -0.2) is 0 Å². The van der Waals surface area contributed by atoms with Gasteiger partial charge in [0.05, 0.1) is 26.4 Å². The average Bonchev–Trinajstić information content (AvgIpc) is 2.87.